The zero-order chi connectivity index (χ0) is 20.5. The quantitative estimate of drug-likeness (QED) is 0.379. The Labute approximate surface area is 176 Å². The van der Waals surface area contributed by atoms with Gasteiger partial charge in [-0.2, -0.15) is 0 Å². The molecule has 0 radical (unpaired) electrons. The average Bonchev–Trinajstić information content (AvgIpc) is 3.08. The molecule has 0 aliphatic carbocycles. The van der Waals surface area contributed by atoms with Crippen molar-refractivity contribution in [2.24, 2.45) is 4.99 Å². The molecule has 0 N–H and O–H groups in total. The molecule has 0 aliphatic heterocycles. The maximum Gasteiger partial charge on any atom is 0.210 e. The SMILES string of the molecule is COc1ccc(-c2c/c(=N\c3nc(C)c(C(C)=O)s3)c3cc(Cl)ccc3o2)cc1. The highest BCUT2D eigenvalue weighted by Gasteiger charge is 2.12. The number of halogens is 1. The van der Waals surface area contributed by atoms with E-state index in [9.17, 15) is 4.79 Å². The van der Waals surface area contributed by atoms with E-state index in [0.29, 0.717) is 37.4 Å². The van der Waals surface area contributed by atoms with Gasteiger partial charge in [-0.25, -0.2) is 9.98 Å². The van der Waals surface area contributed by atoms with Crippen LogP contribution in [0.1, 0.15) is 22.3 Å². The number of Topliss-reactive ketones (excluding diaryl/α,β-unsaturated/α-hetero) is 1. The number of rotatable bonds is 4. The summed E-state index contributed by atoms with van der Waals surface area (Å²) in [7, 11) is 1.63. The Morgan fingerprint density at radius 2 is 1.93 bits per heavy atom. The highest BCUT2D eigenvalue weighted by atomic mass is 35.5. The van der Waals surface area contributed by atoms with Crippen molar-refractivity contribution in [3.8, 4) is 17.1 Å². The number of hydrogen-bond acceptors (Lipinski definition) is 6. The van der Waals surface area contributed by atoms with Gasteiger partial charge in [-0.1, -0.05) is 22.9 Å². The van der Waals surface area contributed by atoms with Crippen molar-refractivity contribution < 1.29 is 13.9 Å². The first-order valence-corrected chi connectivity index (χ1v) is 10.0. The van der Waals surface area contributed by atoms with Crippen molar-refractivity contribution in [1.82, 2.24) is 4.98 Å². The second kappa shape index (κ2) is 7.81. The molecule has 0 unspecified atom stereocenters. The number of hydrogen-bond donors (Lipinski definition) is 0. The molecule has 4 rings (SSSR count). The van der Waals surface area contributed by atoms with Crippen LogP contribution < -0.4 is 10.1 Å². The second-order valence-electron chi connectivity index (χ2n) is 6.44. The Kier molecular flexibility index (Phi) is 5.22. The van der Waals surface area contributed by atoms with Crippen LogP contribution >= 0.6 is 22.9 Å². The number of aryl methyl sites for hydroxylation is 1. The number of carbonyl (C=O) groups excluding carboxylic acids is 1. The van der Waals surface area contributed by atoms with Crippen LogP contribution in [0.2, 0.25) is 5.02 Å². The molecule has 146 valence electrons. The smallest absolute Gasteiger partial charge is 0.210 e. The summed E-state index contributed by atoms with van der Waals surface area (Å²) in [5.74, 6) is 1.40. The van der Waals surface area contributed by atoms with Gasteiger partial charge in [0.25, 0.3) is 0 Å². The second-order valence-corrected chi connectivity index (χ2v) is 7.86. The summed E-state index contributed by atoms with van der Waals surface area (Å²) in [6.07, 6.45) is 0. The largest absolute Gasteiger partial charge is 0.497 e. The van der Waals surface area contributed by atoms with Gasteiger partial charge in [-0.3, -0.25) is 4.79 Å². The van der Waals surface area contributed by atoms with E-state index < -0.39 is 0 Å². The lowest BCUT2D eigenvalue weighted by molar-refractivity contribution is 0.102. The molecule has 0 saturated carbocycles. The normalized spacial score (nSPS) is 11.8. The van der Waals surface area contributed by atoms with Gasteiger partial charge >= 0.3 is 0 Å². The number of methoxy groups -OCH3 is 1. The number of ketones is 1. The third kappa shape index (κ3) is 3.95. The Balaban J connectivity index is 1.94. The van der Waals surface area contributed by atoms with Gasteiger partial charge in [-0.05, 0) is 49.4 Å². The van der Waals surface area contributed by atoms with Gasteiger partial charge in [0.15, 0.2) is 5.78 Å². The fraction of sp³-hybridized carbons (Fsp3) is 0.136. The first kappa shape index (κ1) is 19.4. The van der Waals surface area contributed by atoms with Gasteiger partial charge < -0.3 is 9.15 Å². The van der Waals surface area contributed by atoms with Crippen molar-refractivity contribution in [2.75, 3.05) is 7.11 Å². The zero-order valence-corrected chi connectivity index (χ0v) is 17.6. The Morgan fingerprint density at radius 1 is 1.17 bits per heavy atom. The first-order chi connectivity index (χ1) is 13.9. The number of benzene rings is 2. The number of aromatic nitrogens is 1. The molecule has 5 nitrogen and oxygen atoms in total. The van der Waals surface area contributed by atoms with E-state index in [1.54, 1.807) is 13.2 Å². The van der Waals surface area contributed by atoms with E-state index in [0.717, 1.165) is 16.7 Å². The van der Waals surface area contributed by atoms with E-state index in [-0.39, 0.29) is 5.78 Å². The predicted molar refractivity (Wildman–Crippen MR) is 115 cm³/mol. The van der Waals surface area contributed by atoms with Gasteiger partial charge in [0.2, 0.25) is 5.13 Å². The van der Waals surface area contributed by atoms with E-state index in [4.69, 9.17) is 25.7 Å². The van der Waals surface area contributed by atoms with Crippen molar-refractivity contribution in [3.63, 3.8) is 0 Å². The minimum atomic E-state index is -0.0173. The molecule has 2 aromatic heterocycles. The van der Waals surface area contributed by atoms with Crippen LogP contribution in [0.4, 0.5) is 5.13 Å². The van der Waals surface area contributed by atoms with Crippen LogP contribution in [0.25, 0.3) is 22.3 Å². The lowest BCUT2D eigenvalue weighted by Crippen LogP contribution is -2.03. The topological polar surface area (TPSA) is 64.7 Å². The summed E-state index contributed by atoms with van der Waals surface area (Å²) in [5.41, 5.74) is 2.22. The molecular weight excluding hydrogens is 408 g/mol. The zero-order valence-electron chi connectivity index (χ0n) is 16.0. The van der Waals surface area contributed by atoms with Gasteiger partial charge in [-0.15, -0.1) is 0 Å². The van der Waals surface area contributed by atoms with Gasteiger partial charge in [0, 0.05) is 29.0 Å². The van der Waals surface area contributed by atoms with Crippen LogP contribution in [0.3, 0.4) is 0 Å². The van der Waals surface area contributed by atoms with E-state index in [1.807, 2.05) is 49.4 Å². The molecule has 0 atom stereocenters. The lowest BCUT2D eigenvalue weighted by Gasteiger charge is -2.06. The molecule has 0 bridgehead atoms. The van der Waals surface area contributed by atoms with Crippen molar-refractivity contribution in [1.29, 1.82) is 0 Å². The minimum Gasteiger partial charge on any atom is -0.497 e. The molecule has 0 amide bonds. The van der Waals surface area contributed by atoms with Gasteiger partial charge in [0.05, 0.1) is 23.0 Å². The van der Waals surface area contributed by atoms with Crippen LogP contribution in [0.15, 0.2) is 57.9 Å². The summed E-state index contributed by atoms with van der Waals surface area (Å²) < 4.78 is 11.3. The molecule has 7 heteroatoms. The summed E-state index contributed by atoms with van der Waals surface area (Å²) in [4.78, 5) is 21.5. The monoisotopic (exact) mass is 424 g/mol. The molecule has 2 heterocycles. The minimum absolute atomic E-state index is 0.0173. The van der Waals surface area contributed by atoms with Crippen molar-refractivity contribution in [2.45, 2.75) is 13.8 Å². The third-order valence-electron chi connectivity index (χ3n) is 4.40. The fourth-order valence-electron chi connectivity index (χ4n) is 2.99. The summed E-state index contributed by atoms with van der Waals surface area (Å²) in [5, 5.41) is 2.54. The van der Waals surface area contributed by atoms with E-state index in [1.165, 1.54) is 18.3 Å². The summed E-state index contributed by atoms with van der Waals surface area (Å²) >= 11 is 7.47. The maximum absolute atomic E-state index is 11.8. The van der Waals surface area contributed by atoms with E-state index >= 15 is 0 Å². The standard InChI is InChI=1S/C22H17ClN2O3S/c1-12-21(13(2)26)29-22(24-12)25-18-11-20(14-4-7-16(27-3)8-5-14)28-19-9-6-15(23)10-17(18)19/h4-11H,1-3H3/b25-18+. The Hall–Kier alpha value is -2.96. The molecule has 0 fully saturated rings. The molecule has 4 aromatic rings. The molecule has 0 spiro atoms. The molecule has 29 heavy (non-hydrogen) atoms. The molecule has 0 saturated heterocycles. The van der Waals surface area contributed by atoms with Gasteiger partial charge in [0.1, 0.15) is 17.1 Å². The Morgan fingerprint density at radius 3 is 2.59 bits per heavy atom. The highest BCUT2D eigenvalue weighted by molar-refractivity contribution is 7.17. The van der Waals surface area contributed by atoms with Crippen LogP contribution in [0.5, 0.6) is 5.75 Å². The summed E-state index contributed by atoms with van der Waals surface area (Å²) in [6.45, 7) is 3.34. The fourth-order valence-corrected chi connectivity index (χ4v) is 4.01. The third-order valence-corrected chi connectivity index (χ3v) is 5.79. The number of thiazole rings is 1. The summed E-state index contributed by atoms with van der Waals surface area (Å²) in [6, 6.07) is 14.8. The van der Waals surface area contributed by atoms with Crippen molar-refractivity contribution >= 4 is 44.8 Å². The number of ether oxygens (including phenoxy) is 1. The molecule has 0 aliphatic rings. The van der Waals surface area contributed by atoms with Crippen molar-refractivity contribution in [3.05, 3.63) is 69.5 Å². The predicted octanol–water partition coefficient (Wildman–Crippen LogP) is 5.96. The highest BCUT2D eigenvalue weighted by Crippen LogP contribution is 2.28. The first-order valence-electron chi connectivity index (χ1n) is 8.85. The number of fused-ring (bicyclic) bond motifs is 1. The van der Waals surface area contributed by atoms with Crippen LogP contribution in [-0.4, -0.2) is 17.9 Å². The van der Waals surface area contributed by atoms with Crippen LogP contribution in [0, 0.1) is 6.92 Å². The molecule has 2 aromatic carbocycles. The lowest BCUT2D eigenvalue weighted by atomic mass is 10.1. The average molecular weight is 425 g/mol. The molecular formula is C22H17ClN2O3S. The van der Waals surface area contributed by atoms with E-state index in [2.05, 4.69) is 4.98 Å². The maximum atomic E-state index is 11.8. The Bertz CT molecular complexity index is 1290. The number of nitrogens with zero attached hydrogens (tertiary/aromatic N) is 2. The van der Waals surface area contributed by atoms with Crippen LogP contribution in [-0.2, 0) is 0 Å². The number of carbonyl (C=O) groups is 1.